The van der Waals surface area contributed by atoms with E-state index in [-0.39, 0.29) is 29.4 Å². The molecule has 1 aromatic carbocycles. The summed E-state index contributed by atoms with van der Waals surface area (Å²) in [5, 5.41) is 10.6. The number of H-pyrrole nitrogens is 1. The summed E-state index contributed by atoms with van der Waals surface area (Å²) in [6, 6.07) is 3.26. The lowest BCUT2D eigenvalue weighted by Crippen LogP contribution is -2.57. The zero-order chi connectivity index (χ0) is 22.7. The van der Waals surface area contributed by atoms with E-state index in [4.69, 9.17) is 4.74 Å². The summed E-state index contributed by atoms with van der Waals surface area (Å²) in [5.41, 5.74) is 0.826. The number of aromatic nitrogens is 5. The zero-order valence-corrected chi connectivity index (χ0v) is 16.9. The van der Waals surface area contributed by atoms with Crippen LogP contribution in [-0.4, -0.2) is 56.2 Å². The minimum absolute atomic E-state index is 0.0512. The van der Waals surface area contributed by atoms with Crippen molar-refractivity contribution in [2.75, 3.05) is 23.3 Å². The van der Waals surface area contributed by atoms with Crippen molar-refractivity contribution in [1.29, 1.82) is 0 Å². The summed E-state index contributed by atoms with van der Waals surface area (Å²) in [7, 11) is 0. The highest BCUT2D eigenvalue weighted by atomic mass is 19.2. The van der Waals surface area contributed by atoms with E-state index in [0.29, 0.717) is 29.7 Å². The van der Waals surface area contributed by atoms with E-state index < -0.39 is 23.4 Å². The number of piperidine rings is 1. The third kappa shape index (κ3) is 3.39. The SMILES string of the molecule is O=C(Nc1c[nH]c2cc(F)c(F)cc12)c1cn(-c2cnc(N3CC4CC(C3)O4)c(F)c2)nn1. The number of halogens is 3. The molecule has 2 N–H and O–H groups in total. The first-order valence-corrected chi connectivity index (χ1v) is 10.2. The summed E-state index contributed by atoms with van der Waals surface area (Å²) < 4.78 is 48.5. The first-order valence-electron chi connectivity index (χ1n) is 10.2. The molecular weight excluding hydrogens is 439 g/mol. The number of nitrogens with one attached hydrogen (secondary N) is 2. The van der Waals surface area contributed by atoms with Gasteiger partial charge in [-0.05, 0) is 6.07 Å². The average molecular weight is 455 g/mol. The lowest BCUT2D eigenvalue weighted by atomic mass is 9.99. The van der Waals surface area contributed by atoms with Crippen LogP contribution in [0.4, 0.5) is 24.7 Å². The highest BCUT2D eigenvalue weighted by Crippen LogP contribution is 2.32. The van der Waals surface area contributed by atoms with Gasteiger partial charge >= 0.3 is 0 Å². The molecule has 2 unspecified atom stereocenters. The number of amides is 1. The fourth-order valence-corrected chi connectivity index (χ4v) is 4.21. The summed E-state index contributed by atoms with van der Waals surface area (Å²) in [4.78, 5) is 21.5. The van der Waals surface area contributed by atoms with Crippen molar-refractivity contribution in [1.82, 2.24) is 25.0 Å². The quantitative estimate of drug-likeness (QED) is 0.491. The van der Waals surface area contributed by atoms with Gasteiger partial charge in [-0.15, -0.1) is 5.10 Å². The minimum Gasteiger partial charge on any atom is -0.371 e. The van der Waals surface area contributed by atoms with E-state index in [1.807, 2.05) is 4.90 Å². The monoisotopic (exact) mass is 455 g/mol. The Bertz CT molecular complexity index is 1390. The van der Waals surface area contributed by atoms with E-state index in [0.717, 1.165) is 18.6 Å². The highest BCUT2D eigenvalue weighted by Gasteiger charge is 2.39. The maximum atomic E-state index is 14.7. The lowest BCUT2D eigenvalue weighted by molar-refractivity contribution is -0.133. The highest BCUT2D eigenvalue weighted by molar-refractivity contribution is 6.07. The van der Waals surface area contributed by atoms with E-state index in [1.165, 1.54) is 29.3 Å². The molecule has 2 atom stereocenters. The number of nitrogens with zero attached hydrogens (tertiary/aromatic N) is 5. The summed E-state index contributed by atoms with van der Waals surface area (Å²) >= 11 is 0. The van der Waals surface area contributed by atoms with Gasteiger partial charge in [-0.25, -0.2) is 22.8 Å². The van der Waals surface area contributed by atoms with Crippen molar-refractivity contribution in [2.24, 2.45) is 0 Å². The molecule has 3 aliphatic heterocycles. The maximum Gasteiger partial charge on any atom is 0.277 e. The van der Waals surface area contributed by atoms with Crippen molar-refractivity contribution in [3.63, 3.8) is 0 Å². The number of hydrogen-bond donors (Lipinski definition) is 2. The number of carbonyl (C=O) groups excluding carboxylic acids is 1. The van der Waals surface area contributed by atoms with E-state index in [2.05, 4.69) is 25.6 Å². The Balaban J connectivity index is 1.20. The summed E-state index contributed by atoms with van der Waals surface area (Å²) in [6.07, 6.45) is 5.42. The molecule has 6 heterocycles. The van der Waals surface area contributed by atoms with Gasteiger partial charge < -0.3 is 19.9 Å². The summed E-state index contributed by atoms with van der Waals surface area (Å²) in [6.45, 7) is 1.19. The van der Waals surface area contributed by atoms with Crippen LogP contribution in [-0.2, 0) is 4.74 Å². The lowest BCUT2D eigenvalue weighted by Gasteiger charge is -2.47. The second-order valence-electron chi connectivity index (χ2n) is 8.04. The van der Waals surface area contributed by atoms with Crippen molar-refractivity contribution in [3.8, 4) is 5.69 Å². The second-order valence-corrected chi connectivity index (χ2v) is 8.04. The molecule has 1 amide bonds. The van der Waals surface area contributed by atoms with Crippen LogP contribution in [0.5, 0.6) is 0 Å². The zero-order valence-electron chi connectivity index (χ0n) is 16.9. The van der Waals surface area contributed by atoms with Crippen LogP contribution in [0.25, 0.3) is 16.6 Å². The number of benzene rings is 1. The number of hydrogen-bond acceptors (Lipinski definition) is 6. The van der Waals surface area contributed by atoms with Crippen molar-refractivity contribution >= 4 is 28.3 Å². The van der Waals surface area contributed by atoms with Gasteiger partial charge in [-0.1, -0.05) is 5.21 Å². The molecule has 0 saturated carbocycles. The fraction of sp³-hybridized carbons (Fsp3) is 0.238. The predicted molar refractivity (Wildman–Crippen MR) is 111 cm³/mol. The van der Waals surface area contributed by atoms with E-state index >= 15 is 0 Å². The molecule has 33 heavy (non-hydrogen) atoms. The van der Waals surface area contributed by atoms with Gasteiger partial charge in [0.2, 0.25) is 0 Å². The van der Waals surface area contributed by atoms with Crippen LogP contribution in [0.15, 0.2) is 36.8 Å². The van der Waals surface area contributed by atoms with Crippen LogP contribution in [0.1, 0.15) is 16.9 Å². The third-order valence-electron chi connectivity index (χ3n) is 5.83. The predicted octanol–water partition coefficient (Wildman–Crippen LogP) is 2.79. The molecule has 0 spiro atoms. The molecule has 3 aromatic heterocycles. The number of pyridine rings is 1. The fourth-order valence-electron chi connectivity index (χ4n) is 4.21. The Morgan fingerprint density at radius 1 is 1.12 bits per heavy atom. The van der Waals surface area contributed by atoms with Crippen LogP contribution in [0.3, 0.4) is 0 Å². The number of morpholine rings is 1. The molecule has 12 heteroatoms. The van der Waals surface area contributed by atoms with Crippen LogP contribution >= 0.6 is 0 Å². The van der Waals surface area contributed by atoms with Crippen LogP contribution in [0, 0.1) is 17.5 Å². The maximum absolute atomic E-state index is 14.7. The molecule has 168 valence electrons. The Kier molecular flexibility index (Phi) is 4.37. The third-order valence-corrected chi connectivity index (χ3v) is 5.83. The number of anilines is 2. The Morgan fingerprint density at radius 2 is 1.88 bits per heavy atom. The van der Waals surface area contributed by atoms with Gasteiger partial charge in [0.05, 0.1) is 41.5 Å². The van der Waals surface area contributed by atoms with Crippen molar-refractivity contribution in [3.05, 3.63) is 59.9 Å². The first-order chi connectivity index (χ1) is 15.9. The van der Waals surface area contributed by atoms with Gasteiger partial charge in [-0.3, -0.25) is 4.79 Å². The van der Waals surface area contributed by atoms with E-state index in [9.17, 15) is 18.0 Å². The molecule has 4 aromatic rings. The Labute approximate surface area is 184 Å². The van der Waals surface area contributed by atoms with Gasteiger partial charge in [0.15, 0.2) is 29.0 Å². The van der Waals surface area contributed by atoms with Gasteiger partial charge in [0.1, 0.15) is 0 Å². The van der Waals surface area contributed by atoms with Gasteiger partial charge in [0.25, 0.3) is 5.91 Å². The molecule has 2 bridgehead atoms. The normalized spacial score (nSPS) is 19.5. The smallest absolute Gasteiger partial charge is 0.277 e. The standard InChI is InChI=1S/C21H16F3N7O2/c22-14-3-13-17(4-15(14)23)25-6-18(13)27-21(32)19-9-31(29-28-19)10-1-16(24)20(26-5-10)30-7-11-2-12(8-30)33-11/h1,3-6,9,11-12,25H,2,7-8H2,(H,27,32). The molecule has 0 radical (unpaired) electrons. The largest absolute Gasteiger partial charge is 0.371 e. The molecule has 0 aliphatic carbocycles. The minimum atomic E-state index is -1.03. The Hall–Kier alpha value is -3.93. The van der Waals surface area contributed by atoms with Crippen molar-refractivity contribution in [2.45, 2.75) is 18.6 Å². The number of ether oxygens (including phenoxy) is 1. The second kappa shape index (κ2) is 7.30. The molecule has 3 fully saturated rings. The topological polar surface area (TPSA) is 101 Å². The molecule has 3 saturated heterocycles. The van der Waals surface area contributed by atoms with Crippen LogP contribution in [0.2, 0.25) is 0 Å². The number of fused-ring (bicyclic) bond motifs is 3. The number of aromatic amines is 1. The van der Waals surface area contributed by atoms with Crippen LogP contribution < -0.4 is 10.2 Å². The Morgan fingerprint density at radius 3 is 2.64 bits per heavy atom. The first kappa shape index (κ1) is 19.7. The molecule has 3 aliphatic rings. The van der Waals surface area contributed by atoms with Gasteiger partial charge in [0, 0.05) is 43.2 Å². The van der Waals surface area contributed by atoms with Gasteiger partial charge in [-0.2, -0.15) is 0 Å². The average Bonchev–Trinajstić information content (AvgIpc) is 3.42. The summed E-state index contributed by atoms with van der Waals surface area (Å²) in [5.74, 6) is -2.91. The van der Waals surface area contributed by atoms with E-state index in [1.54, 1.807) is 0 Å². The molecular formula is C21H16F3N7O2. The van der Waals surface area contributed by atoms with Crippen molar-refractivity contribution < 1.29 is 22.7 Å². The number of rotatable bonds is 4. The number of carbonyl (C=O) groups is 1. The molecule has 7 rings (SSSR count). The molecule has 9 nitrogen and oxygen atoms in total.